The highest BCUT2D eigenvalue weighted by Gasteiger charge is 2.46. The zero-order valence-electron chi connectivity index (χ0n) is 15.5. The second-order valence-electron chi connectivity index (χ2n) is 8.19. The smallest absolute Gasteiger partial charge is 0.255 e. The summed E-state index contributed by atoms with van der Waals surface area (Å²) in [7, 11) is 0. The van der Waals surface area contributed by atoms with E-state index in [2.05, 4.69) is 12.2 Å². The van der Waals surface area contributed by atoms with Gasteiger partial charge in [-0.2, -0.15) is 0 Å². The Kier molecular flexibility index (Phi) is 4.78. The zero-order valence-corrected chi connectivity index (χ0v) is 16.3. The molecule has 0 unspecified atom stereocenters. The van der Waals surface area contributed by atoms with Gasteiger partial charge in [0.25, 0.3) is 5.91 Å². The minimum absolute atomic E-state index is 0.0718. The number of carbonyl (C=O) groups is 1. The molecule has 3 saturated heterocycles. The number of anilines is 1. The third-order valence-corrected chi connectivity index (χ3v) is 6.93. The van der Waals surface area contributed by atoms with E-state index in [4.69, 9.17) is 22.1 Å². The molecule has 0 aliphatic carbocycles. The fraction of sp³-hybridized carbons (Fsp3) is 0.650. The Bertz CT molecular complexity index is 713. The molecule has 1 atom stereocenters. The van der Waals surface area contributed by atoms with Gasteiger partial charge in [0, 0.05) is 24.8 Å². The average molecular weight is 379 g/mol. The Morgan fingerprint density at radius 1 is 1.42 bits per heavy atom. The summed E-state index contributed by atoms with van der Waals surface area (Å²) in [6, 6.07) is 1.91. The Hall–Kier alpha value is -1.46. The lowest BCUT2D eigenvalue weighted by Gasteiger charge is -2.52. The van der Waals surface area contributed by atoms with Gasteiger partial charge in [0.15, 0.2) is 0 Å². The van der Waals surface area contributed by atoms with Crippen LogP contribution in [0, 0.1) is 5.92 Å². The molecule has 4 heterocycles. The minimum Gasteiger partial charge on any atom is -0.492 e. The van der Waals surface area contributed by atoms with Crippen molar-refractivity contribution in [3.8, 4) is 5.75 Å². The van der Waals surface area contributed by atoms with Gasteiger partial charge in [-0.3, -0.25) is 4.79 Å². The number of amides is 1. The highest BCUT2D eigenvalue weighted by atomic mass is 35.5. The third kappa shape index (κ3) is 3.05. The number of fused-ring (bicyclic) bond motifs is 4. The van der Waals surface area contributed by atoms with Gasteiger partial charge in [-0.05, 0) is 18.4 Å². The van der Waals surface area contributed by atoms with Crippen LogP contribution >= 0.6 is 11.6 Å². The zero-order chi connectivity index (χ0) is 18.3. The maximum atomic E-state index is 13.0. The van der Waals surface area contributed by atoms with E-state index in [1.807, 2.05) is 0 Å². The van der Waals surface area contributed by atoms with Crippen LogP contribution in [0.15, 0.2) is 6.07 Å². The first-order valence-corrected chi connectivity index (χ1v) is 10.3. The molecule has 0 aromatic heterocycles. The first kappa shape index (κ1) is 17.9. The number of piperidine rings is 3. The van der Waals surface area contributed by atoms with E-state index in [1.165, 1.54) is 49.8 Å². The van der Waals surface area contributed by atoms with Gasteiger partial charge in [-0.1, -0.05) is 24.9 Å². The van der Waals surface area contributed by atoms with E-state index in [1.54, 1.807) is 6.07 Å². The average Bonchev–Trinajstić information content (AvgIpc) is 3.14. The van der Waals surface area contributed by atoms with Crippen molar-refractivity contribution in [2.24, 2.45) is 5.92 Å². The maximum Gasteiger partial charge on any atom is 0.255 e. The van der Waals surface area contributed by atoms with Crippen LogP contribution in [0.1, 0.15) is 48.5 Å². The molecule has 0 spiro atoms. The molecular weight excluding hydrogens is 350 g/mol. The molecule has 6 heteroatoms. The van der Waals surface area contributed by atoms with E-state index in [0.717, 1.165) is 12.1 Å². The van der Waals surface area contributed by atoms with Gasteiger partial charge in [0.2, 0.25) is 0 Å². The lowest BCUT2D eigenvalue weighted by Crippen LogP contribution is -2.67. The molecular formula is C20H29ClN3O2+. The van der Waals surface area contributed by atoms with E-state index in [9.17, 15) is 4.79 Å². The molecule has 0 saturated carbocycles. The monoisotopic (exact) mass is 378 g/mol. The Labute approximate surface area is 160 Å². The number of benzene rings is 1. The molecule has 4 aliphatic rings. The number of nitrogen functional groups attached to an aromatic ring is 1. The first-order chi connectivity index (χ1) is 12.5. The van der Waals surface area contributed by atoms with Gasteiger partial charge in [0.1, 0.15) is 5.75 Å². The lowest BCUT2D eigenvalue weighted by atomic mass is 9.81. The van der Waals surface area contributed by atoms with Crippen LogP contribution in [0.3, 0.4) is 0 Å². The summed E-state index contributed by atoms with van der Waals surface area (Å²) < 4.78 is 6.88. The van der Waals surface area contributed by atoms with Gasteiger partial charge in [-0.25, -0.2) is 0 Å². The van der Waals surface area contributed by atoms with Gasteiger partial charge < -0.3 is 20.3 Å². The second kappa shape index (κ2) is 6.93. The van der Waals surface area contributed by atoms with Crippen molar-refractivity contribution in [1.82, 2.24) is 5.32 Å². The highest BCUT2D eigenvalue weighted by molar-refractivity contribution is 6.33. The Balaban J connectivity index is 1.53. The molecule has 1 aromatic rings. The molecule has 1 amide bonds. The van der Waals surface area contributed by atoms with Crippen molar-refractivity contribution < 1.29 is 14.0 Å². The highest BCUT2D eigenvalue weighted by Crippen LogP contribution is 2.39. The number of nitrogens with one attached hydrogen (secondary N) is 1. The summed E-state index contributed by atoms with van der Waals surface area (Å²) in [6.45, 7) is 7.64. The first-order valence-electron chi connectivity index (χ1n) is 9.92. The van der Waals surface area contributed by atoms with Crippen molar-refractivity contribution in [1.29, 1.82) is 0 Å². The Morgan fingerprint density at radius 3 is 2.92 bits per heavy atom. The summed E-state index contributed by atoms with van der Waals surface area (Å²) in [4.78, 5) is 13.0. The number of hydrogen-bond donors (Lipinski definition) is 2. The molecule has 1 aromatic carbocycles. The van der Waals surface area contributed by atoms with Crippen LogP contribution in [-0.2, 0) is 6.42 Å². The number of rotatable bonds is 5. The summed E-state index contributed by atoms with van der Waals surface area (Å²) in [5.74, 6) is 1.15. The van der Waals surface area contributed by atoms with Gasteiger partial charge in [0.05, 0.1) is 55.1 Å². The number of nitrogens with two attached hydrogens (primary N) is 1. The SMILES string of the molecule is CCCC[N+]12CCC(CC1)[C@H](NC(=O)c1cc(Cl)c(N)c3c1OCC3)C2. The van der Waals surface area contributed by atoms with Crippen LogP contribution < -0.4 is 15.8 Å². The van der Waals surface area contributed by atoms with Crippen molar-refractivity contribution >= 4 is 23.2 Å². The van der Waals surface area contributed by atoms with Gasteiger partial charge >= 0.3 is 0 Å². The molecule has 5 rings (SSSR count). The van der Waals surface area contributed by atoms with Crippen molar-refractivity contribution in [3.63, 3.8) is 0 Å². The third-order valence-electron chi connectivity index (χ3n) is 6.62. The summed E-state index contributed by atoms with van der Waals surface area (Å²) >= 11 is 6.26. The molecule has 142 valence electrons. The van der Waals surface area contributed by atoms with Crippen molar-refractivity contribution in [2.45, 2.75) is 45.1 Å². The van der Waals surface area contributed by atoms with E-state index in [0.29, 0.717) is 41.0 Å². The number of nitrogens with zero attached hydrogens (tertiary/aromatic N) is 1. The molecule has 0 radical (unpaired) electrons. The summed E-state index contributed by atoms with van der Waals surface area (Å²) in [5.41, 5.74) is 8.01. The molecule has 5 nitrogen and oxygen atoms in total. The second-order valence-corrected chi connectivity index (χ2v) is 8.60. The number of halogens is 1. The van der Waals surface area contributed by atoms with Crippen LogP contribution in [0.25, 0.3) is 0 Å². The normalized spacial score (nSPS) is 29.3. The summed E-state index contributed by atoms with van der Waals surface area (Å²) in [5, 5.41) is 3.75. The predicted octanol–water partition coefficient (Wildman–Crippen LogP) is 3.00. The number of quaternary nitrogens is 1. The van der Waals surface area contributed by atoms with Crippen LogP contribution in [0.5, 0.6) is 5.75 Å². The number of hydrogen-bond acceptors (Lipinski definition) is 3. The van der Waals surface area contributed by atoms with Crippen LogP contribution in [-0.4, -0.2) is 49.2 Å². The van der Waals surface area contributed by atoms with Crippen LogP contribution in [0.4, 0.5) is 5.69 Å². The fourth-order valence-electron chi connectivity index (χ4n) is 5.04. The standard InChI is InChI=1S/C20H28ClN3O2/c1-2-3-7-24-8-4-13(5-9-24)17(12-24)23-20(25)15-11-16(21)18(22)14-6-10-26-19(14)15/h11,13,17H,2-10,12H2,1H3,(H2-,22,23,25)/p+1/t13?,17-,24?/m1/s1. The Morgan fingerprint density at radius 2 is 2.19 bits per heavy atom. The largest absolute Gasteiger partial charge is 0.492 e. The summed E-state index contributed by atoms with van der Waals surface area (Å²) in [6.07, 6.45) is 5.64. The topological polar surface area (TPSA) is 64.4 Å². The van der Waals surface area contributed by atoms with Crippen molar-refractivity contribution in [3.05, 3.63) is 22.2 Å². The molecule has 26 heavy (non-hydrogen) atoms. The van der Waals surface area contributed by atoms with E-state index < -0.39 is 0 Å². The van der Waals surface area contributed by atoms with Crippen molar-refractivity contribution in [2.75, 3.05) is 38.5 Å². The number of carbonyl (C=O) groups excluding carboxylic acids is 1. The lowest BCUT2D eigenvalue weighted by molar-refractivity contribution is -0.944. The maximum absolute atomic E-state index is 13.0. The minimum atomic E-state index is -0.0718. The molecule has 3 N–H and O–H groups in total. The molecule has 4 aliphatic heterocycles. The molecule has 2 bridgehead atoms. The van der Waals surface area contributed by atoms with E-state index in [-0.39, 0.29) is 11.9 Å². The number of ether oxygens (including phenoxy) is 1. The van der Waals surface area contributed by atoms with Gasteiger partial charge in [-0.15, -0.1) is 0 Å². The van der Waals surface area contributed by atoms with E-state index >= 15 is 0 Å². The quantitative estimate of drug-likeness (QED) is 0.611. The van der Waals surface area contributed by atoms with Crippen LogP contribution in [0.2, 0.25) is 5.02 Å². The molecule has 3 fully saturated rings. The fourth-order valence-corrected chi connectivity index (χ4v) is 5.26. The number of unbranched alkanes of at least 4 members (excludes halogenated alkanes) is 1. The predicted molar refractivity (Wildman–Crippen MR) is 104 cm³/mol.